The van der Waals surface area contributed by atoms with Gasteiger partial charge in [0.15, 0.2) is 0 Å². The molecule has 0 bridgehead atoms. The first-order chi connectivity index (χ1) is 8.13. The molecule has 0 heterocycles. The van der Waals surface area contributed by atoms with Crippen LogP contribution in [0.5, 0.6) is 5.75 Å². The van der Waals surface area contributed by atoms with E-state index in [0.29, 0.717) is 22.9 Å². The SMILES string of the molecule is C=C(CNC1CC1)COc1cc(F)cc(Br)c1. The van der Waals surface area contributed by atoms with Crippen LogP contribution < -0.4 is 10.1 Å². The molecule has 1 N–H and O–H groups in total. The van der Waals surface area contributed by atoms with Crippen molar-refractivity contribution in [1.82, 2.24) is 5.32 Å². The van der Waals surface area contributed by atoms with Gasteiger partial charge in [-0.3, -0.25) is 0 Å². The molecule has 17 heavy (non-hydrogen) atoms. The Hall–Kier alpha value is -0.870. The molecule has 0 saturated heterocycles. The number of hydrogen-bond donors (Lipinski definition) is 1. The van der Waals surface area contributed by atoms with Gasteiger partial charge < -0.3 is 10.1 Å². The van der Waals surface area contributed by atoms with Gasteiger partial charge in [0.1, 0.15) is 18.2 Å². The molecule has 2 nitrogen and oxygen atoms in total. The summed E-state index contributed by atoms with van der Waals surface area (Å²) in [5.74, 6) is 0.209. The normalized spacial score (nSPS) is 14.7. The molecule has 1 aliphatic rings. The van der Waals surface area contributed by atoms with Crippen LogP contribution in [0.3, 0.4) is 0 Å². The van der Waals surface area contributed by atoms with E-state index in [2.05, 4.69) is 27.8 Å². The second kappa shape index (κ2) is 5.65. The third-order valence-corrected chi connectivity index (χ3v) is 2.95. The fourth-order valence-corrected chi connectivity index (χ4v) is 1.87. The van der Waals surface area contributed by atoms with Crippen LogP contribution in [0.25, 0.3) is 0 Å². The molecule has 0 aliphatic heterocycles. The van der Waals surface area contributed by atoms with E-state index in [4.69, 9.17) is 4.74 Å². The minimum Gasteiger partial charge on any atom is -0.489 e. The number of hydrogen-bond acceptors (Lipinski definition) is 2. The van der Waals surface area contributed by atoms with E-state index in [1.54, 1.807) is 6.07 Å². The fraction of sp³-hybridized carbons (Fsp3) is 0.385. The van der Waals surface area contributed by atoms with Crippen molar-refractivity contribution in [3.63, 3.8) is 0 Å². The second-order valence-corrected chi connectivity index (χ2v) is 5.21. The average molecular weight is 300 g/mol. The van der Waals surface area contributed by atoms with E-state index in [9.17, 15) is 4.39 Å². The number of ether oxygens (including phenoxy) is 1. The number of nitrogens with one attached hydrogen (secondary N) is 1. The Bertz CT molecular complexity index is 398. The molecule has 2 rings (SSSR count). The summed E-state index contributed by atoms with van der Waals surface area (Å²) in [6.45, 7) is 5.10. The molecule has 1 aromatic carbocycles. The lowest BCUT2D eigenvalue weighted by Gasteiger charge is -2.09. The molecule has 4 heteroatoms. The zero-order chi connectivity index (χ0) is 12.3. The van der Waals surface area contributed by atoms with E-state index in [-0.39, 0.29) is 5.82 Å². The number of benzene rings is 1. The van der Waals surface area contributed by atoms with Gasteiger partial charge in [-0.05, 0) is 30.5 Å². The summed E-state index contributed by atoms with van der Waals surface area (Å²) in [6.07, 6.45) is 2.51. The predicted octanol–water partition coefficient (Wildman–Crippen LogP) is 3.28. The van der Waals surface area contributed by atoms with Crippen LogP contribution in [0.2, 0.25) is 0 Å². The van der Waals surface area contributed by atoms with Gasteiger partial charge in [-0.1, -0.05) is 22.5 Å². The summed E-state index contributed by atoms with van der Waals surface area (Å²) in [5, 5.41) is 3.35. The van der Waals surface area contributed by atoms with Gasteiger partial charge in [0.2, 0.25) is 0 Å². The lowest BCUT2D eigenvalue weighted by molar-refractivity contribution is 0.346. The van der Waals surface area contributed by atoms with E-state index in [1.165, 1.54) is 25.0 Å². The molecule has 0 atom stereocenters. The van der Waals surface area contributed by atoms with Gasteiger partial charge in [-0.2, -0.15) is 0 Å². The lowest BCUT2D eigenvalue weighted by Crippen LogP contribution is -2.21. The van der Waals surface area contributed by atoms with E-state index in [0.717, 1.165) is 12.1 Å². The highest BCUT2D eigenvalue weighted by atomic mass is 79.9. The Kier molecular flexibility index (Phi) is 4.18. The monoisotopic (exact) mass is 299 g/mol. The van der Waals surface area contributed by atoms with Crippen molar-refractivity contribution in [3.05, 3.63) is 40.6 Å². The molecule has 0 unspecified atom stereocenters. The molecule has 0 radical (unpaired) electrons. The van der Waals surface area contributed by atoms with Crippen molar-refractivity contribution in [2.24, 2.45) is 0 Å². The van der Waals surface area contributed by atoms with Crippen LogP contribution in [-0.4, -0.2) is 19.2 Å². The van der Waals surface area contributed by atoms with Gasteiger partial charge in [0.25, 0.3) is 0 Å². The summed E-state index contributed by atoms with van der Waals surface area (Å²) in [5.41, 5.74) is 0.970. The summed E-state index contributed by atoms with van der Waals surface area (Å²) in [6, 6.07) is 5.17. The van der Waals surface area contributed by atoms with Crippen molar-refractivity contribution in [2.75, 3.05) is 13.2 Å². The Morgan fingerprint density at radius 2 is 2.24 bits per heavy atom. The zero-order valence-electron chi connectivity index (χ0n) is 9.51. The molecule has 1 aromatic rings. The minimum atomic E-state index is -0.309. The summed E-state index contributed by atoms with van der Waals surface area (Å²) >= 11 is 3.22. The van der Waals surface area contributed by atoms with Crippen LogP contribution in [0.15, 0.2) is 34.8 Å². The predicted molar refractivity (Wildman–Crippen MR) is 69.8 cm³/mol. The molecule has 92 valence electrons. The highest BCUT2D eigenvalue weighted by Crippen LogP contribution is 2.21. The first-order valence-electron chi connectivity index (χ1n) is 5.62. The van der Waals surface area contributed by atoms with Crippen molar-refractivity contribution in [1.29, 1.82) is 0 Å². The third-order valence-electron chi connectivity index (χ3n) is 2.50. The van der Waals surface area contributed by atoms with Crippen LogP contribution in [-0.2, 0) is 0 Å². The summed E-state index contributed by atoms with van der Waals surface area (Å²) < 4.78 is 19.2. The molecule has 1 aliphatic carbocycles. The maximum atomic E-state index is 13.1. The minimum absolute atomic E-state index is 0.309. The fourth-order valence-electron chi connectivity index (χ4n) is 1.42. The van der Waals surface area contributed by atoms with Crippen LogP contribution >= 0.6 is 15.9 Å². The first kappa shape index (κ1) is 12.6. The molecule has 0 spiro atoms. The largest absolute Gasteiger partial charge is 0.489 e. The highest BCUT2D eigenvalue weighted by molar-refractivity contribution is 9.10. The lowest BCUT2D eigenvalue weighted by atomic mass is 10.3. The van der Waals surface area contributed by atoms with Gasteiger partial charge in [-0.15, -0.1) is 0 Å². The molecular weight excluding hydrogens is 285 g/mol. The molecule has 1 saturated carbocycles. The Morgan fingerprint density at radius 1 is 1.47 bits per heavy atom. The average Bonchev–Trinajstić information content (AvgIpc) is 3.06. The maximum absolute atomic E-state index is 13.1. The van der Waals surface area contributed by atoms with E-state index >= 15 is 0 Å². The number of halogens is 2. The van der Waals surface area contributed by atoms with Gasteiger partial charge in [0.05, 0.1) is 0 Å². The standard InChI is InChI=1S/C13H15BrFNO/c1-9(7-16-12-2-3-12)8-17-13-5-10(14)4-11(15)6-13/h4-6,12,16H,1-3,7-8H2. The zero-order valence-corrected chi connectivity index (χ0v) is 11.1. The van der Waals surface area contributed by atoms with Crippen molar-refractivity contribution in [3.8, 4) is 5.75 Å². The van der Waals surface area contributed by atoms with Crippen LogP contribution in [0.1, 0.15) is 12.8 Å². The summed E-state index contributed by atoms with van der Waals surface area (Å²) in [7, 11) is 0. The third kappa shape index (κ3) is 4.48. The molecule has 0 aromatic heterocycles. The Morgan fingerprint density at radius 3 is 2.88 bits per heavy atom. The van der Waals surface area contributed by atoms with Gasteiger partial charge >= 0.3 is 0 Å². The smallest absolute Gasteiger partial charge is 0.128 e. The first-order valence-corrected chi connectivity index (χ1v) is 6.42. The summed E-state index contributed by atoms with van der Waals surface area (Å²) in [4.78, 5) is 0. The quantitative estimate of drug-likeness (QED) is 0.814. The van der Waals surface area contributed by atoms with Crippen LogP contribution in [0.4, 0.5) is 4.39 Å². The van der Waals surface area contributed by atoms with Gasteiger partial charge in [-0.25, -0.2) is 4.39 Å². The van der Waals surface area contributed by atoms with E-state index < -0.39 is 0 Å². The molecule has 1 fully saturated rings. The molecule has 0 amide bonds. The maximum Gasteiger partial charge on any atom is 0.128 e. The van der Waals surface area contributed by atoms with Crippen molar-refractivity contribution < 1.29 is 9.13 Å². The van der Waals surface area contributed by atoms with Gasteiger partial charge in [0, 0.05) is 23.1 Å². The molecular formula is C13H15BrFNO. The van der Waals surface area contributed by atoms with Crippen LogP contribution in [0, 0.1) is 5.82 Å². The Labute approximate surface area is 109 Å². The van der Waals surface area contributed by atoms with E-state index in [1.807, 2.05) is 0 Å². The number of rotatable bonds is 6. The highest BCUT2D eigenvalue weighted by Gasteiger charge is 2.20. The topological polar surface area (TPSA) is 21.3 Å². The van der Waals surface area contributed by atoms with Crippen molar-refractivity contribution in [2.45, 2.75) is 18.9 Å². The Balaban J connectivity index is 1.77. The second-order valence-electron chi connectivity index (χ2n) is 4.30. The van der Waals surface area contributed by atoms with Crippen molar-refractivity contribution >= 4 is 15.9 Å².